The maximum atomic E-state index is 6.01. The van der Waals surface area contributed by atoms with Gasteiger partial charge in [0.05, 0.1) is 11.2 Å². The van der Waals surface area contributed by atoms with Crippen molar-refractivity contribution in [1.82, 2.24) is 0 Å². The van der Waals surface area contributed by atoms with Gasteiger partial charge in [-0.1, -0.05) is 24.3 Å². The molecule has 0 bridgehead atoms. The summed E-state index contributed by atoms with van der Waals surface area (Å²) in [6.07, 6.45) is 3.95. The third-order valence-corrected chi connectivity index (χ3v) is 3.99. The highest BCUT2D eigenvalue weighted by molar-refractivity contribution is 6.62. The molecule has 1 saturated heterocycles. The second kappa shape index (κ2) is 5.62. The smallest absolute Gasteiger partial charge is 0.490 e. The van der Waals surface area contributed by atoms with E-state index < -0.39 is 0 Å². The average molecular weight is 274 g/mol. The van der Waals surface area contributed by atoms with Crippen molar-refractivity contribution in [3.05, 3.63) is 36.4 Å². The van der Waals surface area contributed by atoms with E-state index in [9.17, 15) is 0 Å². The van der Waals surface area contributed by atoms with Gasteiger partial charge in [-0.2, -0.15) is 0 Å². The molecule has 0 N–H and O–H groups in total. The first-order chi connectivity index (χ1) is 9.36. The van der Waals surface area contributed by atoms with Crippen LogP contribution in [0.15, 0.2) is 36.4 Å². The van der Waals surface area contributed by atoms with Crippen molar-refractivity contribution in [2.75, 3.05) is 6.61 Å². The molecule has 1 heterocycles. The molecule has 1 aromatic carbocycles. The van der Waals surface area contributed by atoms with Crippen LogP contribution in [-0.2, 0) is 9.31 Å². The molecule has 0 unspecified atom stereocenters. The Bertz CT molecular complexity index is 461. The van der Waals surface area contributed by atoms with E-state index in [4.69, 9.17) is 14.0 Å². The lowest BCUT2D eigenvalue weighted by molar-refractivity contribution is 0.00578. The third kappa shape index (κ3) is 3.07. The van der Waals surface area contributed by atoms with E-state index in [1.165, 1.54) is 0 Å². The molecule has 2 rings (SSSR count). The highest BCUT2D eigenvalue weighted by Gasteiger charge is 2.51. The minimum absolute atomic E-state index is 0.307. The number of benzene rings is 1. The lowest BCUT2D eigenvalue weighted by atomic mass is 9.79. The van der Waals surface area contributed by atoms with Gasteiger partial charge in [0.15, 0.2) is 0 Å². The molecule has 3 nitrogen and oxygen atoms in total. The van der Waals surface area contributed by atoms with Gasteiger partial charge < -0.3 is 14.0 Å². The van der Waals surface area contributed by atoms with Crippen LogP contribution in [0.5, 0.6) is 5.75 Å². The summed E-state index contributed by atoms with van der Waals surface area (Å²) in [5, 5.41) is 0. The summed E-state index contributed by atoms with van der Waals surface area (Å²) in [5.74, 6) is 0.850. The fraction of sp³-hybridized carbons (Fsp3) is 0.500. The van der Waals surface area contributed by atoms with Crippen molar-refractivity contribution < 1.29 is 14.0 Å². The van der Waals surface area contributed by atoms with Crippen molar-refractivity contribution in [3.8, 4) is 5.75 Å². The summed E-state index contributed by atoms with van der Waals surface area (Å²) in [6.45, 7) is 10.8. The first-order valence-electron chi connectivity index (χ1n) is 7.05. The Morgan fingerprint density at radius 3 is 2.10 bits per heavy atom. The SMILES string of the molecule is C/C=C/COc1ccc(B2OC(C)(C)C(C)(C)O2)cc1. The van der Waals surface area contributed by atoms with E-state index in [0.29, 0.717) is 6.61 Å². The van der Waals surface area contributed by atoms with Crippen LogP contribution in [0.2, 0.25) is 0 Å². The molecular weight excluding hydrogens is 251 g/mol. The van der Waals surface area contributed by atoms with Crippen LogP contribution in [0.3, 0.4) is 0 Å². The lowest BCUT2D eigenvalue weighted by Gasteiger charge is -2.32. The summed E-state index contributed by atoms with van der Waals surface area (Å²) in [6, 6.07) is 7.88. The van der Waals surface area contributed by atoms with E-state index in [1.54, 1.807) is 0 Å². The van der Waals surface area contributed by atoms with Crippen LogP contribution in [0.1, 0.15) is 34.6 Å². The van der Waals surface area contributed by atoms with Crippen molar-refractivity contribution in [1.29, 1.82) is 0 Å². The van der Waals surface area contributed by atoms with E-state index in [0.717, 1.165) is 11.2 Å². The first kappa shape index (κ1) is 15.1. The Morgan fingerprint density at radius 2 is 1.60 bits per heavy atom. The fourth-order valence-electron chi connectivity index (χ4n) is 1.94. The molecule has 4 heteroatoms. The Balaban J connectivity index is 2.04. The van der Waals surface area contributed by atoms with Crippen LogP contribution >= 0.6 is 0 Å². The minimum atomic E-state index is -0.315. The van der Waals surface area contributed by atoms with Gasteiger partial charge in [-0.3, -0.25) is 0 Å². The Hall–Kier alpha value is -1.26. The van der Waals surface area contributed by atoms with Crippen LogP contribution in [0.4, 0.5) is 0 Å². The van der Waals surface area contributed by atoms with Gasteiger partial charge in [0.1, 0.15) is 12.4 Å². The summed E-state index contributed by atoms with van der Waals surface area (Å²) >= 11 is 0. The summed E-state index contributed by atoms with van der Waals surface area (Å²) in [7, 11) is -0.315. The molecule has 0 radical (unpaired) electrons. The molecule has 0 amide bonds. The van der Waals surface area contributed by atoms with Crippen molar-refractivity contribution in [2.24, 2.45) is 0 Å². The van der Waals surface area contributed by atoms with Gasteiger partial charge in [0.25, 0.3) is 0 Å². The molecule has 0 saturated carbocycles. The Morgan fingerprint density at radius 1 is 1.05 bits per heavy atom. The zero-order chi connectivity index (χ0) is 14.8. The fourth-order valence-corrected chi connectivity index (χ4v) is 1.94. The normalized spacial score (nSPS) is 20.6. The highest BCUT2D eigenvalue weighted by Crippen LogP contribution is 2.36. The standard InChI is InChI=1S/C16H23BO3/c1-6-7-12-18-14-10-8-13(9-11-14)17-19-15(2,3)16(4,5)20-17/h6-11H,12H2,1-5H3/b7-6+. The van der Waals surface area contributed by atoms with Crippen LogP contribution in [-0.4, -0.2) is 24.9 Å². The zero-order valence-electron chi connectivity index (χ0n) is 13.0. The van der Waals surface area contributed by atoms with E-state index in [-0.39, 0.29) is 18.3 Å². The van der Waals surface area contributed by atoms with Crippen LogP contribution in [0.25, 0.3) is 0 Å². The molecule has 108 valence electrons. The largest absolute Gasteiger partial charge is 0.494 e. The van der Waals surface area contributed by atoms with Crippen LogP contribution < -0.4 is 10.2 Å². The van der Waals surface area contributed by atoms with Crippen LogP contribution in [0, 0.1) is 0 Å². The molecule has 0 aromatic heterocycles. The Labute approximate surface area is 122 Å². The third-order valence-electron chi connectivity index (χ3n) is 3.99. The minimum Gasteiger partial charge on any atom is -0.490 e. The number of ether oxygens (including phenoxy) is 1. The molecule has 1 aromatic rings. The number of rotatable bonds is 4. The van der Waals surface area contributed by atoms with Crippen molar-refractivity contribution in [3.63, 3.8) is 0 Å². The van der Waals surface area contributed by atoms with Gasteiger partial charge in [0.2, 0.25) is 0 Å². The number of hydrogen-bond donors (Lipinski definition) is 0. The highest BCUT2D eigenvalue weighted by atomic mass is 16.7. The zero-order valence-corrected chi connectivity index (χ0v) is 13.0. The second-order valence-corrected chi connectivity index (χ2v) is 6.04. The van der Waals surface area contributed by atoms with Gasteiger partial charge >= 0.3 is 7.12 Å². The quantitative estimate of drug-likeness (QED) is 0.624. The number of allylic oxidation sites excluding steroid dienone is 1. The maximum Gasteiger partial charge on any atom is 0.494 e. The van der Waals surface area contributed by atoms with E-state index in [1.807, 2.05) is 43.3 Å². The number of hydrogen-bond acceptors (Lipinski definition) is 3. The molecule has 1 fully saturated rings. The van der Waals surface area contributed by atoms with Crippen molar-refractivity contribution >= 4 is 12.6 Å². The predicted molar refractivity (Wildman–Crippen MR) is 82.5 cm³/mol. The van der Waals surface area contributed by atoms with Gasteiger partial charge in [0, 0.05) is 0 Å². The molecule has 0 spiro atoms. The van der Waals surface area contributed by atoms with E-state index >= 15 is 0 Å². The van der Waals surface area contributed by atoms with Gasteiger partial charge in [-0.15, -0.1) is 0 Å². The lowest BCUT2D eigenvalue weighted by Crippen LogP contribution is -2.41. The maximum absolute atomic E-state index is 6.01. The second-order valence-electron chi connectivity index (χ2n) is 6.04. The summed E-state index contributed by atoms with van der Waals surface area (Å²) in [5.41, 5.74) is 0.402. The molecule has 0 atom stereocenters. The summed E-state index contributed by atoms with van der Waals surface area (Å²) in [4.78, 5) is 0. The predicted octanol–water partition coefficient (Wildman–Crippen LogP) is 2.94. The Kier molecular flexibility index (Phi) is 4.26. The molecule has 1 aliphatic heterocycles. The summed E-state index contributed by atoms with van der Waals surface area (Å²) < 4.78 is 17.6. The first-order valence-corrected chi connectivity index (χ1v) is 7.05. The van der Waals surface area contributed by atoms with E-state index in [2.05, 4.69) is 27.7 Å². The molecular formula is C16H23BO3. The van der Waals surface area contributed by atoms with Gasteiger partial charge in [-0.05, 0) is 52.2 Å². The molecule has 0 aliphatic carbocycles. The molecule has 20 heavy (non-hydrogen) atoms. The average Bonchev–Trinajstić information content (AvgIpc) is 2.60. The van der Waals surface area contributed by atoms with Gasteiger partial charge in [-0.25, -0.2) is 0 Å². The topological polar surface area (TPSA) is 27.7 Å². The monoisotopic (exact) mass is 274 g/mol. The van der Waals surface area contributed by atoms with Crippen molar-refractivity contribution in [2.45, 2.75) is 45.8 Å². The molecule has 1 aliphatic rings.